The van der Waals surface area contributed by atoms with Crippen LogP contribution in [0.15, 0.2) is 53.7 Å². The summed E-state index contributed by atoms with van der Waals surface area (Å²) in [5.74, 6) is 2.33. The highest BCUT2D eigenvalue weighted by atomic mass is 35.5. The van der Waals surface area contributed by atoms with Gasteiger partial charge in [0, 0.05) is 11.4 Å². The Morgan fingerprint density at radius 1 is 1.08 bits per heavy atom. The molecule has 4 nitrogen and oxygen atoms in total. The molecule has 0 saturated heterocycles. The molecule has 2 aromatic carbocycles. The van der Waals surface area contributed by atoms with E-state index in [4.69, 9.17) is 16.3 Å². The average molecular weight is 360 g/mol. The fraction of sp³-hybridized carbons (Fsp3) is 0.222. The average Bonchev–Trinajstić information content (AvgIpc) is 2.94. The SMILES string of the molecule is Cc1cccc(-n2c(C)nnc2SCCOc2ccccc2Cl)c1. The van der Waals surface area contributed by atoms with E-state index >= 15 is 0 Å². The molecular formula is C18H18ClN3OS. The second kappa shape index (κ2) is 7.73. The first kappa shape index (κ1) is 16.9. The van der Waals surface area contributed by atoms with E-state index in [1.807, 2.05) is 37.3 Å². The molecule has 24 heavy (non-hydrogen) atoms. The van der Waals surface area contributed by atoms with Crippen LogP contribution < -0.4 is 4.74 Å². The highest BCUT2D eigenvalue weighted by Gasteiger charge is 2.11. The van der Waals surface area contributed by atoms with Crippen molar-refractivity contribution in [1.29, 1.82) is 0 Å². The van der Waals surface area contributed by atoms with Gasteiger partial charge in [-0.05, 0) is 43.7 Å². The van der Waals surface area contributed by atoms with Crippen LogP contribution >= 0.6 is 23.4 Å². The lowest BCUT2D eigenvalue weighted by Crippen LogP contribution is -2.03. The Morgan fingerprint density at radius 3 is 2.71 bits per heavy atom. The molecule has 0 aliphatic rings. The molecule has 0 unspecified atom stereocenters. The zero-order valence-corrected chi connectivity index (χ0v) is 15.1. The topological polar surface area (TPSA) is 39.9 Å². The van der Waals surface area contributed by atoms with Gasteiger partial charge in [-0.3, -0.25) is 4.57 Å². The standard InChI is InChI=1S/C18H18ClN3OS/c1-13-6-5-7-15(12-13)22-14(2)20-21-18(22)24-11-10-23-17-9-4-3-8-16(17)19/h3-9,12H,10-11H2,1-2H3. The van der Waals surface area contributed by atoms with Crippen molar-refractivity contribution in [2.24, 2.45) is 0 Å². The molecule has 0 fully saturated rings. The molecule has 6 heteroatoms. The molecule has 0 spiro atoms. The van der Waals surface area contributed by atoms with Gasteiger partial charge in [-0.2, -0.15) is 0 Å². The Balaban J connectivity index is 1.65. The molecule has 1 aromatic heterocycles. The molecule has 0 aliphatic carbocycles. The van der Waals surface area contributed by atoms with Gasteiger partial charge in [0.25, 0.3) is 0 Å². The summed E-state index contributed by atoms with van der Waals surface area (Å²) in [6, 6.07) is 15.8. The predicted octanol–water partition coefficient (Wildman–Crippen LogP) is 4.71. The Morgan fingerprint density at radius 2 is 1.92 bits per heavy atom. The van der Waals surface area contributed by atoms with Crippen LogP contribution in [0.25, 0.3) is 5.69 Å². The van der Waals surface area contributed by atoms with Crippen LogP contribution in [0, 0.1) is 13.8 Å². The molecule has 3 aromatic rings. The number of thioether (sulfide) groups is 1. The van der Waals surface area contributed by atoms with Crippen molar-refractivity contribution < 1.29 is 4.74 Å². The van der Waals surface area contributed by atoms with Gasteiger partial charge in [0.15, 0.2) is 5.16 Å². The molecular weight excluding hydrogens is 342 g/mol. The maximum Gasteiger partial charge on any atom is 0.195 e. The first-order valence-electron chi connectivity index (χ1n) is 7.64. The zero-order valence-electron chi connectivity index (χ0n) is 13.6. The van der Waals surface area contributed by atoms with Crippen LogP contribution in [0.1, 0.15) is 11.4 Å². The van der Waals surface area contributed by atoms with Crippen LogP contribution in [0.3, 0.4) is 0 Å². The monoisotopic (exact) mass is 359 g/mol. The Kier molecular flexibility index (Phi) is 5.43. The number of nitrogens with zero attached hydrogens (tertiary/aromatic N) is 3. The van der Waals surface area contributed by atoms with Crippen molar-refractivity contribution in [1.82, 2.24) is 14.8 Å². The molecule has 0 amide bonds. The van der Waals surface area contributed by atoms with E-state index in [0.29, 0.717) is 17.4 Å². The van der Waals surface area contributed by atoms with Gasteiger partial charge in [0.1, 0.15) is 11.6 Å². The summed E-state index contributed by atoms with van der Waals surface area (Å²) in [5, 5.41) is 9.97. The molecule has 0 bridgehead atoms. The maximum absolute atomic E-state index is 6.09. The maximum atomic E-state index is 6.09. The van der Waals surface area contributed by atoms with E-state index in [9.17, 15) is 0 Å². The molecule has 0 N–H and O–H groups in total. The summed E-state index contributed by atoms with van der Waals surface area (Å²) in [6.07, 6.45) is 0. The quantitative estimate of drug-likeness (QED) is 0.472. The van der Waals surface area contributed by atoms with Crippen molar-refractivity contribution in [2.45, 2.75) is 19.0 Å². The van der Waals surface area contributed by atoms with E-state index in [1.54, 1.807) is 11.8 Å². The fourth-order valence-electron chi connectivity index (χ4n) is 2.35. The van der Waals surface area contributed by atoms with E-state index in [0.717, 1.165) is 22.4 Å². The van der Waals surface area contributed by atoms with Crippen LogP contribution in [0.5, 0.6) is 5.75 Å². The van der Waals surface area contributed by atoms with Crippen molar-refractivity contribution >= 4 is 23.4 Å². The zero-order chi connectivity index (χ0) is 16.9. The van der Waals surface area contributed by atoms with Gasteiger partial charge >= 0.3 is 0 Å². The summed E-state index contributed by atoms with van der Waals surface area (Å²) in [5.41, 5.74) is 2.28. The van der Waals surface area contributed by atoms with Crippen LogP contribution in [-0.2, 0) is 0 Å². The lowest BCUT2D eigenvalue weighted by atomic mass is 10.2. The number of aryl methyl sites for hydroxylation is 2. The van der Waals surface area contributed by atoms with Gasteiger partial charge in [0.05, 0.1) is 11.6 Å². The summed E-state index contributed by atoms with van der Waals surface area (Å²) < 4.78 is 7.78. The normalized spacial score (nSPS) is 10.8. The second-order valence-corrected chi connectivity index (χ2v) is 6.80. The molecule has 124 valence electrons. The third kappa shape index (κ3) is 3.91. The number of aromatic nitrogens is 3. The van der Waals surface area contributed by atoms with Gasteiger partial charge in [0.2, 0.25) is 0 Å². The molecule has 0 radical (unpaired) electrons. The summed E-state index contributed by atoms with van der Waals surface area (Å²) in [6.45, 7) is 4.58. The molecule has 1 heterocycles. The number of ether oxygens (including phenoxy) is 1. The second-order valence-electron chi connectivity index (χ2n) is 5.33. The van der Waals surface area contributed by atoms with Crippen LogP contribution in [0.2, 0.25) is 5.02 Å². The summed E-state index contributed by atoms with van der Waals surface area (Å²) in [7, 11) is 0. The van der Waals surface area contributed by atoms with Crippen molar-refractivity contribution in [3.8, 4) is 11.4 Å². The highest BCUT2D eigenvalue weighted by molar-refractivity contribution is 7.99. The lowest BCUT2D eigenvalue weighted by molar-refractivity contribution is 0.344. The Bertz CT molecular complexity index is 835. The third-order valence-corrected chi connectivity index (χ3v) is 4.67. The number of halogens is 1. The van der Waals surface area contributed by atoms with Gasteiger partial charge < -0.3 is 4.74 Å². The Labute approximate surface area is 150 Å². The van der Waals surface area contributed by atoms with Crippen molar-refractivity contribution in [2.75, 3.05) is 12.4 Å². The third-order valence-electron chi connectivity index (χ3n) is 3.46. The van der Waals surface area contributed by atoms with E-state index in [-0.39, 0.29) is 0 Å². The minimum absolute atomic E-state index is 0.550. The number of benzene rings is 2. The van der Waals surface area contributed by atoms with Gasteiger partial charge in [-0.25, -0.2) is 0 Å². The smallest absolute Gasteiger partial charge is 0.195 e. The first-order chi connectivity index (χ1) is 11.6. The molecule has 3 rings (SSSR count). The number of para-hydroxylation sites is 1. The van der Waals surface area contributed by atoms with Crippen LogP contribution in [0.4, 0.5) is 0 Å². The molecule has 0 saturated carbocycles. The summed E-state index contributed by atoms with van der Waals surface area (Å²) in [4.78, 5) is 0. The fourth-order valence-corrected chi connectivity index (χ4v) is 3.35. The first-order valence-corrected chi connectivity index (χ1v) is 9.00. The summed E-state index contributed by atoms with van der Waals surface area (Å²) >= 11 is 7.70. The largest absolute Gasteiger partial charge is 0.491 e. The Hall–Kier alpha value is -1.98. The minimum Gasteiger partial charge on any atom is -0.491 e. The van der Waals surface area contributed by atoms with E-state index < -0.39 is 0 Å². The van der Waals surface area contributed by atoms with Gasteiger partial charge in [-0.1, -0.05) is 47.6 Å². The lowest BCUT2D eigenvalue weighted by Gasteiger charge is -2.10. The van der Waals surface area contributed by atoms with E-state index in [1.165, 1.54) is 5.56 Å². The van der Waals surface area contributed by atoms with Crippen LogP contribution in [-0.4, -0.2) is 27.1 Å². The highest BCUT2D eigenvalue weighted by Crippen LogP contribution is 2.25. The van der Waals surface area contributed by atoms with Gasteiger partial charge in [-0.15, -0.1) is 10.2 Å². The van der Waals surface area contributed by atoms with Crippen molar-refractivity contribution in [3.63, 3.8) is 0 Å². The number of hydrogen-bond donors (Lipinski definition) is 0. The van der Waals surface area contributed by atoms with E-state index in [2.05, 4.69) is 39.9 Å². The van der Waals surface area contributed by atoms with Crippen molar-refractivity contribution in [3.05, 3.63) is 64.9 Å². The molecule has 0 aliphatic heterocycles. The molecule has 0 atom stereocenters. The number of hydrogen-bond acceptors (Lipinski definition) is 4. The number of rotatable bonds is 6. The minimum atomic E-state index is 0.550. The predicted molar refractivity (Wildman–Crippen MR) is 98.5 cm³/mol.